The average molecular weight is 198 g/mol. The van der Waals surface area contributed by atoms with E-state index in [-0.39, 0.29) is 0 Å². The van der Waals surface area contributed by atoms with Gasteiger partial charge in [-0.2, -0.15) is 0 Å². The van der Waals surface area contributed by atoms with Gasteiger partial charge in [-0.3, -0.25) is 0 Å². The molecule has 2 aliphatic heterocycles. The van der Waals surface area contributed by atoms with E-state index in [0.29, 0.717) is 6.10 Å². The molecule has 0 radical (unpaired) electrons. The van der Waals surface area contributed by atoms with Gasteiger partial charge in [0.05, 0.1) is 6.10 Å². The van der Waals surface area contributed by atoms with E-state index in [1.165, 1.54) is 32.4 Å². The van der Waals surface area contributed by atoms with E-state index in [9.17, 15) is 0 Å². The first-order chi connectivity index (χ1) is 6.86. The van der Waals surface area contributed by atoms with Crippen molar-refractivity contribution >= 4 is 0 Å². The van der Waals surface area contributed by atoms with Crippen molar-refractivity contribution < 1.29 is 4.74 Å². The van der Waals surface area contributed by atoms with Gasteiger partial charge in [0.2, 0.25) is 0 Å². The van der Waals surface area contributed by atoms with Crippen molar-refractivity contribution in [2.75, 3.05) is 39.8 Å². The van der Waals surface area contributed by atoms with Gasteiger partial charge in [-0.25, -0.2) is 0 Å². The second kappa shape index (κ2) is 5.10. The molecule has 2 unspecified atom stereocenters. The third-order valence-electron chi connectivity index (χ3n) is 3.36. The minimum absolute atomic E-state index is 0.459. The lowest BCUT2D eigenvalue weighted by molar-refractivity contribution is 0.000681. The molecule has 3 nitrogen and oxygen atoms in total. The van der Waals surface area contributed by atoms with Gasteiger partial charge in [-0.15, -0.1) is 0 Å². The standard InChI is InChI=1S/C11H22N2O/c1-13-6-2-4-10(9-13)11-8-12-5-3-7-14-11/h10-12H,2-9H2,1H3. The number of piperidine rings is 1. The summed E-state index contributed by atoms with van der Waals surface area (Å²) in [5.74, 6) is 0.749. The Kier molecular flexibility index (Phi) is 3.79. The second-order valence-electron chi connectivity index (χ2n) is 4.63. The van der Waals surface area contributed by atoms with Crippen molar-refractivity contribution in [3.05, 3.63) is 0 Å². The number of hydrogen-bond acceptors (Lipinski definition) is 3. The van der Waals surface area contributed by atoms with Gasteiger partial charge in [0.15, 0.2) is 0 Å². The molecule has 0 aromatic heterocycles. The van der Waals surface area contributed by atoms with Gasteiger partial charge in [-0.05, 0) is 45.3 Å². The van der Waals surface area contributed by atoms with Crippen molar-refractivity contribution in [3.8, 4) is 0 Å². The topological polar surface area (TPSA) is 24.5 Å². The zero-order chi connectivity index (χ0) is 9.80. The van der Waals surface area contributed by atoms with Crippen molar-refractivity contribution in [2.24, 2.45) is 5.92 Å². The van der Waals surface area contributed by atoms with Gasteiger partial charge in [0.25, 0.3) is 0 Å². The molecule has 0 bridgehead atoms. The van der Waals surface area contributed by atoms with Crippen molar-refractivity contribution in [1.29, 1.82) is 0 Å². The van der Waals surface area contributed by atoms with Crippen LogP contribution in [-0.4, -0.2) is 50.8 Å². The van der Waals surface area contributed by atoms with Gasteiger partial charge in [0, 0.05) is 19.7 Å². The van der Waals surface area contributed by atoms with E-state index in [2.05, 4.69) is 17.3 Å². The summed E-state index contributed by atoms with van der Waals surface area (Å²) in [6, 6.07) is 0. The fourth-order valence-electron chi connectivity index (χ4n) is 2.55. The minimum atomic E-state index is 0.459. The molecule has 14 heavy (non-hydrogen) atoms. The Balaban J connectivity index is 1.85. The first kappa shape index (κ1) is 10.4. The van der Waals surface area contributed by atoms with Crippen LogP contribution in [0.25, 0.3) is 0 Å². The molecule has 2 saturated heterocycles. The summed E-state index contributed by atoms with van der Waals surface area (Å²) in [6.07, 6.45) is 4.30. The van der Waals surface area contributed by atoms with Crippen molar-refractivity contribution in [2.45, 2.75) is 25.4 Å². The second-order valence-corrected chi connectivity index (χ2v) is 4.63. The Morgan fingerprint density at radius 2 is 2.29 bits per heavy atom. The smallest absolute Gasteiger partial charge is 0.0739 e. The van der Waals surface area contributed by atoms with Gasteiger partial charge in [-0.1, -0.05) is 0 Å². The fourth-order valence-corrected chi connectivity index (χ4v) is 2.55. The Morgan fingerprint density at radius 1 is 1.36 bits per heavy atom. The van der Waals surface area contributed by atoms with Gasteiger partial charge in [0.1, 0.15) is 0 Å². The van der Waals surface area contributed by atoms with Crippen LogP contribution < -0.4 is 5.32 Å². The van der Waals surface area contributed by atoms with Crippen LogP contribution in [0.2, 0.25) is 0 Å². The van der Waals surface area contributed by atoms with Gasteiger partial charge < -0.3 is 15.0 Å². The van der Waals surface area contributed by atoms with Crippen LogP contribution in [-0.2, 0) is 4.74 Å². The first-order valence-corrected chi connectivity index (χ1v) is 5.87. The molecule has 0 amide bonds. The van der Waals surface area contributed by atoms with E-state index in [1.54, 1.807) is 0 Å². The molecule has 0 aromatic carbocycles. The highest BCUT2D eigenvalue weighted by molar-refractivity contribution is 4.80. The number of likely N-dealkylation sites (tertiary alicyclic amines) is 1. The molecule has 2 aliphatic rings. The van der Waals surface area contributed by atoms with Crippen LogP contribution in [0.15, 0.2) is 0 Å². The number of hydrogen-bond donors (Lipinski definition) is 1. The summed E-state index contributed by atoms with van der Waals surface area (Å²) in [5, 5.41) is 3.47. The SMILES string of the molecule is CN1CCCC(C2CNCCCO2)C1. The third kappa shape index (κ3) is 2.69. The maximum absolute atomic E-state index is 5.90. The van der Waals surface area contributed by atoms with E-state index >= 15 is 0 Å². The molecular weight excluding hydrogens is 176 g/mol. The predicted molar refractivity (Wildman–Crippen MR) is 57.4 cm³/mol. The largest absolute Gasteiger partial charge is 0.377 e. The van der Waals surface area contributed by atoms with E-state index < -0.39 is 0 Å². The first-order valence-electron chi connectivity index (χ1n) is 5.87. The molecule has 0 spiro atoms. The average Bonchev–Trinajstić information content (AvgIpc) is 2.45. The van der Waals surface area contributed by atoms with Crippen molar-refractivity contribution in [3.63, 3.8) is 0 Å². The van der Waals surface area contributed by atoms with Crippen molar-refractivity contribution in [1.82, 2.24) is 10.2 Å². The summed E-state index contributed by atoms with van der Waals surface area (Å²) < 4.78 is 5.90. The monoisotopic (exact) mass is 198 g/mol. The van der Waals surface area contributed by atoms with Gasteiger partial charge >= 0.3 is 0 Å². The van der Waals surface area contributed by atoms with Crippen LogP contribution in [0.3, 0.4) is 0 Å². The normalized spacial score (nSPS) is 36.6. The lowest BCUT2D eigenvalue weighted by atomic mass is 9.92. The molecule has 0 aromatic rings. The quantitative estimate of drug-likeness (QED) is 0.671. The summed E-state index contributed by atoms with van der Waals surface area (Å²) in [6.45, 7) is 5.60. The lowest BCUT2D eigenvalue weighted by Crippen LogP contribution is -2.42. The number of rotatable bonds is 1. The zero-order valence-corrected chi connectivity index (χ0v) is 9.17. The molecule has 2 atom stereocenters. The molecular formula is C11H22N2O. The van der Waals surface area contributed by atoms with Crippen LogP contribution in [0.4, 0.5) is 0 Å². The zero-order valence-electron chi connectivity index (χ0n) is 9.17. The van der Waals surface area contributed by atoms with E-state index in [4.69, 9.17) is 4.74 Å². The van der Waals surface area contributed by atoms with Crippen LogP contribution in [0.1, 0.15) is 19.3 Å². The van der Waals surface area contributed by atoms with Crippen LogP contribution in [0, 0.1) is 5.92 Å². The molecule has 82 valence electrons. The Labute approximate surface area is 86.8 Å². The van der Waals surface area contributed by atoms with Crippen LogP contribution in [0.5, 0.6) is 0 Å². The minimum Gasteiger partial charge on any atom is -0.377 e. The molecule has 2 rings (SSSR count). The highest BCUT2D eigenvalue weighted by Crippen LogP contribution is 2.21. The summed E-state index contributed by atoms with van der Waals surface area (Å²) in [5.41, 5.74) is 0. The van der Waals surface area contributed by atoms with E-state index in [0.717, 1.165) is 25.6 Å². The lowest BCUT2D eigenvalue weighted by Gasteiger charge is -2.34. The van der Waals surface area contributed by atoms with E-state index in [1.807, 2.05) is 0 Å². The molecule has 1 N–H and O–H groups in total. The summed E-state index contributed by atoms with van der Waals surface area (Å²) >= 11 is 0. The molecule has 2 fully saturated rings. The predicted octanol–water partition coefficient (Wildman–Crippen LogP) is 0.707. The Hall–Kier alpha value is -0.120. The summed E-state index contributed by atoms with van der Waals surface area (Å²) in [7, 11) is 2.22. The molecule has 0 aliphatic carbocycles. The number of ether oxygens (including phenoxy) is 1. The molecule has 0 saturated carbocycles. The highest BCUT2D eigenvalue weighted by atomic mass is 16.5. The Morgan fingerprint density at radius 3 is 3.14 bits per heavy atom. The third-order valence-corrected chi connectivity index (χ3v) is 3.36. The van der Waals surface area contributed by atoms with Crippen LogP contribution >= 0.6 is 0 Å². The molecule has 3 heteroatoms. The maximum atomic E-state index is 5.90. The number of nitrogens with one attached hydrogen (secondary N) is 1. The fraction of sp³-hybridized carbons (Fsp3) is 1.00. The maximum Gasteiger partial charge on any atom is 0.0739 e. The Bertz CT molecular complexity index is 167. The summed E-state index contributed by atoms with van der Waals surface area (Å²) in [4.78, 5) is 2.43. The molecule has 2 heterocycles. The highest BCUT2D eigenvalue weighted by Gasteiger charge is 2.26. The number of nitrogens with zero attached hydrogens (tertiary/aromatic N) is 1.